The third-order valence-corrected chi connectivity index (χ3v) is 3.98. The van der Waals surface area contributed by atoms with Crippen LogP contribution in [0.4, 0.5) is 10.1 Å². The normalized spacial score (nSPS) is 15.5. The molecule has 1 aliphatic rings. The van der Waals surface area contributed by atoms with Crippen molar-refractivity contribution < 1.29 is 14.3 Å². The number of hydrogen-bond acceptors (Lipinski definition) is 2. The molecular weight excluding hydrogens is 269 g/mol. The lowest BCUT2D eigenvalue weighted by Crippen LogP contribution is -2.27. The predicted molar refractivity (Wildman–Crippen MR) is 78.8 cm³/mol. The molecule has 3 rings (SSSR count). The van der Waals surface area contributed by atoms with Crippen LogP contribution in [0.1, 0.15) is 24.0 Å². The third-order valence-electron chi connectivity index (χ3n) is 3.98. The number of rotatable bonds is 3. The Bertz CT molecular complexity index is 690. The van der Waals surface area contributed by atoms with Crippen molar-refractivity contribution in [3.8, 4) is 5.75 Å². The highest BCUT2D eigenvalue weighted by atomic mass is 19.1. The van der Waals surface area contributed by atoms with Gasteiger partial charge in [0.2, 0.25) is 5.91 Å². The van der Waals surface area contributed by atoms with Crippen molar-refractivity contribution in [1.82, 2.24) is 0 Å². The van der Waals surface area contributed by atoms with E-state index in [4.69, 9.17) is 0 Å². The molecular formula is C17H16FNO2. The second kappa shape index (κ2) is 4.88. The smallest absolute Gasteiger partial charge is 0.235 e. The fraction of sp³-hybridized carbons (Fsp3) is 0.235. The minimum atomic E-state index is -0.592. The van der Waals surface area contributed by atoms with E-state index in [-0.39, 0.29) is 17.5 Å². The number of benzene rings is 2. The summed E-state index contributed by atoms with van der Waals surface area (Å²) in [5.41, 5.74) is 1.54. The van der Waals surface area contributed by atoms with Crippen molar-refractivity contribution in [2.24, 2.45) is 0 Å². The van der Waals surface area contributed by atoms with Crippen molar-refractivity contribution >= 4 is 11.6 Å². The zero-order chi connectivity index (χ0) is 15.0. The minimum absolute atomic E-state index is 0.0539. The Labute approximate surface area is 122 Å². The summed E-state index contributed by atoms with van der Waals surface area (Å²) >= 11 is 0. The molecule has 2 aromatic carbocycles. The summed E-state index contributed by atoms with van der Waals surface area (Å²) in [6.45, 7) is 1.87. The molecule has 21 heavy (non-hydrogen) atoms. The quantitative estimate of drug-likeness (QED) is 0.848. The highest BCUT2D eigenvalue weighted by molar-refractivity contribution is 6.02. The molecule has 108 valence electrons. The van der Waals surface area contributed by atoms with Crippen LogP contribution in [0.2, 0.25) is 0 Å². The van der Waals surface area contributed by atoms with E-state index in [9.17, 15) is 14.3 Å². The number of halogens is 1. The van der Waals surface area contributed by atoms with Crippen LogP contribution < -0.4 is 5.32 Å². The Morgan fingerprint density at radius 2 is 1.86 bits per heavy atom. The number of aryl methyl sites for hydroxylation is 1. The molecule has 1 amide bonds. The molecule has 0 aliphatic heterocycles. The largest absolute Gasteiger partial charge is 0.506 e. The van der Waals surface area contributed by atoms with Gasteiger partial charge in [-0.15, -0.1) is 0 Å². The van der Waals surface area contributed by atoms with Crippen molar-refractivity contribution in [3.63, 3.8) is 0 Å². The fourth-order valence-electron chi connectivity index (χ4n) is 2.53. The topological polar surface area (TPSA) is 49.3 Å². The van der Waals surface area contributed by atoms with Gasteiger partial charge in [0.25, 0.3) is 0 Å². The number of aromatic hydroxyl groups is 1. The molecule has 1 fully saturated rings. The number of anilines is 1. The molecule has 3 nitrogen and oxygen atoms in total. The van der Waals surface area contributed by atoms with E-state index in [2.05, 4.69) is 5.32 Å². The first-order valence-corrected chi connectivity index (χ1v) is 6.88. The zero-order valence-electron chi connectivity index (χ0n) is 11.7. The molecule has 0 heterocycles. The predicted octanol–water partition coefficient (Wildman–Crippen LogP) is 3.51. The zero-order valence-corrected chi connectivity index (χ0v) is 11.7. The van der Waals surface area contributed by atoms with Crippen LogP contribution in [0.5, 0.6) is 5.75 Å². The number of phenols is 1. The standard InChI is InChI=1S/C17H16FNO2/c1-11-2-7-14(15(20)10-11)19-16(21)17(8-9-17)12-3-5-13(18)6-4-12/h2-7,10,20H,8-9H2,1H3,(H,19,21). The van der Waals surface area contributed by atoms with E-state index in [1.807, 2.05) is 13.0 Å². The molecule has 0 aromatic heterocycles. The molecule has 0 saturated heterocycles. The van der Waals surface area contributed by atoms with Crippen LogP contribution in [-0.2, 0) is 10.2 Å². The van der Waals surface area contributed by atoms with Gasteiger partial charge in [-0.1, -0.05) is 18.2 Å². The van der Waals surface area contributed by atoms with Crippen molar-refractivity contribution in [1.29, 1.82) is 0 Å². The van der Waals surface area contributed by atoms with Gasteiger partial charge in [0.15, 0.2) is 0 Å². The molecule has 0 atom stereocenters. The van der Waals surface area contributed by atoms with Gasteiger partial charge in [0.1, 0.15) is 11.6 Å². The van der Waals surface area contributed by atoms with Crippen LogP contribution in [-0.4, -0.2) is 11.0 Å². The average Bonchev–Trinajstić information content (AvgIpc) is 3.24. The molecule has 0 bridgehead atoms. The highest BCUT2D eigenvalue weighted by Crippen LogP contribution is 2.49. The molecule has 0 unspecified atom stereocenters. The maximum atomic E-state index is 13.0. The lowest BCUT2D eigenvalue weighted by atomic mass is 9.95. The Morgan fingerprint density at radius 3 is 2.43 bits per heavy atom. The Morgan fingerprint density at radius 1 is 1.19 bits per heavy atom. The second-order valence-corrected chi connectivity index (χ2v) is 5.56. The molecule has 1 saturated carbocycles. The Hall–Kier alpha value is -2.36. The number of hydrogen-bond donors (Lipinski definition) is 2. The van der Waals surface area contributed by atoms with Crippen LogP contribution in [0, 0.1) is 12.7 Å². The van der Waals surface area contributed by atoms with E-state index in [1.54, 1.807) is 24.3 Å². The highest BCUT2D eigenvalue weighted by Gasteiger charge is 2.51. The summed E-state index contributed by atoms with van der Waals surface area (Å²) in [7, 11) is 0. The van der Waals surface area contributed by atoms with Crippen molar-refractivity contribution in [2.75, 3.05) is 5.32 Å². The molecule has 2 N–H and O–H groups in total. The summed E-state index contributed by atoms with van der Waals surface area (Å²) in [6.07, 6.45) is 1.47. The monoisotopic (exact) mass is 285 g/mol. The second-order valence-electron chi connectivity index (χ2n) is 5.56. The van der Waals surface area contributed by atoms with E-state index in [0.29, 0.717) is 5.69 Å². The first-order valence-electron chi connectivity index (χ1n) is 6.88. The lowest BCUT2D eigenvalue weighted by Gasteiger charge is -2.16. The minimum Gasteiger partial charge on any atom is -0.506 e. The number of amides is 1. The van der Waals surface area contributed by atoms with Crippen LogP contribution in [0.25, 0.3) is 0 Å². The van der Waals surface area contributed by atoms with Gasteiger partial charge >= 0.3 is 0 Å². The van der Waals surface area contributed by atoms with E-state index in [1.165, 1.54) is 12.1 Å². The van der Waals surface area contributed by atoms with Gasteiger partial charge < -0.3 is 10.4 Å². The van der Waals surface area contributed by atoms with E-state index >= 15 is 0 Å². The number of carbonyl (C=O) groups excluding carboxylic acids is 1. The molecule has 1 aliphatic carbocycles. The van der Waals surface area contributed by atoms with E-state index in [0.717, 1.165) is 24.0 Å². The summed E-state index contributed by atoms with van der Waals surface area (Å²) in [4.78, 5) is 12.5. The van der Waals surface area contributed by atoms with Gasteiger partial charge in [-0.25, -0.2) is 4.39 Å². The summed E-state index contributed by atoms with van der Waals surface area (Å²) in [5, 5.41) is 12.6. The molecule has 0 spiro atoms. The average molecular weight is 285 g/mol. The summed E-state index contributed by atoms with van der Waals surface area (Å²) in [6, 6.07) is 11.1. The Balaban J connectivity index is 1.83. The molecule has 0 radical (unpaired) electrons. The van der Waals surface area contributed by atoms with E-state index < -0.39 is 5.41 Å². The van der Waals surface area contributed by atoms with Gasteiger partial charge in [-0.2, -0.15) is 0 Å². The van der Waals surface area contributed by atoms with Gasteiger partial charge in [0, 0.05) is 0 Å². The van der Waals surface area contributed by atoms with Gasteiger partial charge in [-0.3, -0.25) is 4.79 Å². The molecule has 4 heteroatoms. The van der Waals surface area contributed by atoms with Crippen molar-refractivity contribution in [2.45, 2.75) is 25.2 Å². The lowest BCUT2D eigenvalue weighted by molar-refractivity contribution is -0.118. The number of carbonyl (C=O) groups is 1. The fourth-order valence-corrected chi connectivity index (χ4v) is 2.53. The van der Waals surface area contributed by atoms with Crippen LogP contribution in [0.3, 0.4) is 0 Å². The first kappa shape index (κ1) is 13.6. The van der Waals surface area contributed by atoms with Crippen LogP contribution >= 0.6 is 0 Å². The Kier molecular flexibility index (Phi) is 3.16. The van der Waals surface area contributed by atoms with Crippen LogP contribution in [0.15, 0.2) is 42.5 Å². The van der Waals surface area contributed by atoms with Gasteiger partial charge in [-0.05, 0) is 55.2 Å². The maximum absolute atomic E-state index is 13.0. The third kappa shape index (κ3) is 2.49. The van der Waals surface area contributed by atoms with Crippen molar-refractivity contribution in [3.05, 3.63) is 59.4 Å². The first-order chi connectivity index (χ1) is 10.0. The molecule has 2 aromatic rings. The summed E-state index contributed by atoms with van der Waals surface area (Å²) in [5.74, 6) is -0.419. The SMILES string of the molecule is Cc1ccc(NC(=O)C2(c3ccc(F)cc3)CC2)c(O)c1. The number of nitrogens with one attached hydrogen (secondary N) is 1. The van der Waals surface area contributed by atoms with Gasteiger partial charge in [0.05, 0.1) is 11.1 Å². The number of phenolic OH excluding ortho intramolecular Hbond substituents is 1. The maximum Gasteiger partial charge on any atom is 0.235 e. The summed E-state index contributed by atoms with van der Waals surface area (Å²) < 4.78 is 13.0.